The maximum absolute atomic E-state index is 11.9. The highest BCUT2D eigenvalue weighted by Gasteiger charge is 2.59. The molecular weight excluding hydrogens is 212 g/mol. The highest BCUT2D eigenvalue weighted by Crippen LogP contribution is 2.59. The molecule has 3 rings (SSSR count). The number of hydrogen-bond donors (Lipinski definition) is 0. The maximum atomic E-state index is 11.9. The summed E-state index contributed by atoms with van der Waals surface area (Å²) in [6.45, 7) is 2.40. The van der Waals surface area contributed by atoms with Crippen molar-refractivity contribution in [2.75, 3.05) is 6.61 Å². The van der Waals surface area contributed by atoms with Gasteiger partial charge in [0, 0.05) is 0 Å². The van der Waals surface area contributed by atoms with E-state index < -0.39 is 0 Å². The van der Waals surface area contributed by atoms with Gasteiger partial charge in [0.1, 0.15) is 0 Å². The van der Waals surface area contributed by atoms with E-state index in [9.17, 15) is 4.79 Å². The van der Waals surface area contributed by atoms with Crippen LogP contribution < -0.4 is 0 Å². The molecule has 0 aromatic heterocycles. The van der Waals surface area contributed by atoms with Gasteiger partial charge in [-0.25, -0.2) is 0 Å². The zero-order valence-electron chi connectivity index (χ0n) is 10.3. The van der Waals surface area contributed by atoms with E-state index in [0.717, 1.165) is 0 Å². The SMILES string of the molecule is CCOC(=O)C1C2CCCC3C=CC=CC3C21. The largest absolute Gasteiger partial charge is 0.466 e. The van der Waals surface area contributed by atoms with Crippen molar-refractivity contribution in [3.8, 4) is 0 Å². The molecule has 5 atom stereocenters. The molecule has 0 amide bonds. The molecular formula is C15H20O2. The summed E-state index contributed by atoms with van der Waals surface area (Å²) in [5.74, 6) is 2.64. The zero-order chi connectivity index (χ0) is 11.8. The fourth-order valence-corrected chi connectivity index (χ4v) is 3.83. The first-order chi connectivity index (χ1) is 8.33. The fraction of sp³-hybridized carbons (Fsp3) is 0.667. The van der Waals surface area contributed by atoms with Crippen molar-refractivity contribution in [3.63, 3.8) is 0 Å². The van der Waals surface area contributed by atoms with Crippen LogP contribution >= 0.6 is 0 Å². The molecule has 5 unspecified atom stereocenters. The average molecular weight is 232 g/mol. The molecule has 92 valence electrons. The van der Waals surface area contributed by atoms with Crippen LogP contribution in [-0.2, 0) is 9.53 Å². The Bertz CT molecular complexity index is 369. The predicted octanol–water partition coefficient (Wildman–Crippen LogP) is 2.95. The second-order valence-electron chi connectivity index (χ2n) is 5.46. The number of carbonyl (C=O) groups excluding carboxylic acids is 1. The molecule has 0 saturated heterocycles. The summed E-state index contributed by atoms with van der Waals surface area (Å²) in [4.78, 5) is 11.9. The van der Waals surface area contributed by atoms with Crippen molar-refractivity contribution in [3.05, 3.63) is 24.3 Å². The maximum Gasteiger partial charge on any atom is 0.309 e. The van der Waals surface area contributed by atoms with Gasteiger partial charge in [-0.1, -0.05) is 30.7 Å². The Morgan fingerprint density at radius 3 is 2.94 bits per heavy atom. The van der Waals surface area contributed by atoms with Crippen LogP contribution in [0.4, 0.5) is 0 Å². The van der Waals surface area contributed by atoms with Crippen molar-refractivity contribution in [1.29, 1.82) is 0 Å². The van der Waals surface area contributed by atoms with E-state index >= 15 is 0 Å². The summed E-state index contributed by atoms with van der Waals surface area (Å²) in [6, 6.07) is 0. The molecule has 3 aliphatic rings. The summed E-state index contributed by atoms with van der Waals surface area (Å²) < 4.78 is 5.20. The lowest BCUT2D eigenvalue weighted by Gasteiger charge is -2.23. The van der Waals surface area contributed by atoms with E-state index in [0.29, 0.717) is 30.3 Å². The number of carbonyl (C=O) groups is 1. The monoisotopic (exact) mass is 232 g/mol. The van der Waals surface area contributed by atoms with Crippen molar-refractivity contribution in [2.45, 2.75) is 26.2 Å². The minimum Gasteiger partial charge on any atom is -0.466 e. The van der Waals surface area contributed by atoms with Gasteiger partial charge in [0.15, 0.2) is 0 Å². The minimum absolute atomic E-state index is 0.0473. The van der Waals surface area contributed by atoms with Crippen LogP contribution in [0.15, 0.2) is 24.3 Å². The van der Waals surface area contributed by atoms with Crippen LogP contribution in [0.5, 0.6) is 0 Å². The normalized spacial score (nSPS) is 42.3. The van der Waals surface area contributed by atoms with E-state index in [4.69, 9.17) is 4.74 Å². The highest BCUT2D eigenvalue weighted by atomic mass is 16.5. The van der Waals surface area contributed by atoms with Gasteiger partial charge in [-0.2, -0.15) is 0 Å². The quantitative estimate of drug-likeness (QED) is 0.684. The van der Waals surface area contributed by atoms with Gasteiger partial charge in [0.2, 0.25) is 0 Å². The zero-order valence-corrected chi connectivity index (χ0v) is 10.3. The Kier molecular flexibility index (Phi) is 2.81. The molecule has 3 aliphatic carbocycles. The molecule has 2 fully saturated rings. The van der Waals surface area contributed by atoms with Crippen LogP contribution in [-0.4, -0.2) is 12.6 Å². The summed E-state index contributed by atoms with van der Waals surface area (Å²) >= 11 is 0. The molecule has 17 heavy (non-hydrogen) atoms. The van der Waals surface area contributed by atoms with E-state index in [1.165, 1.54) is 19.3 Å². The molecule has 0 aromatic rings. The number of rotatable bonds is 2. The van der Waals surface area contributed by atoms with Crippen molar-refractivity contribution in [1.82, 2.24) is 0 Å². The molecule has 0 aliphatic heterocycles. The predicted molar refractivity (Wildman–Crippen MR) is 66.2 cm³/mol. The highest BCUT2D eigenvalue weighted by molar-refractivity contribution is 5.76. The van der Waals surface area contributed by atoms with E-state index in [-0.39, 0.29) is 11.9 Å². The van der Waals surface area contributed by atoms with Crippen LogP contribution in [0.2, 0.25) is 0 Å². The third kappa shape index (κ3) is 1.84. The first-order valence-electron chi connectivity index (χ1n) is 6.84. The third-order valence-electron chi connectivity index (χ3n) is 4.60. The van der Waals surface area contributed by atoms with E-state index in [2.05, 4.69) is 24.3 Å². The summed E-state index contributed by atoms with van der Waals surface area (Å²) in [6.07, 6.45) is 12.7. The van der Waals surface area contributed by atoms with Crippen molar-refractivity contribution in [2.24, 2.45) is 29.6 Å². The lowest BCUT2D eigenvalue weighted by atomic mass is 9.82. The topological polar surface area (TPSA) is 26.3 Å². The summed E-state index contributed by atoms with van der Waals surface area (Å²) in [5, 5.41) is 0. The Labute approximate surface area is 103 Å². The van der Waals surface area contributed by atoms with Crippen molar-refractivity contribution < 1.29 is 9.53 Å². The van der Waals surface area contributed by atoms with Gasteiger partial charge in [-0.05, 0) is 43.4 Å². The molecule has 0 aromatic carbocycles. The van der Waals surface area contributed by atoms with Gasteiger partial charge in [-0.3, -0.25) is 4.79 Å². The minimum atomic E-state index is 0.0473. The van der Waals surface area contributed by atoms with Gasteiger partial charge in [0.25, 0.3) is 0 Å². The lowest BCUT2D eigenvalue weighted by molar-refractivity contribution is -0.145. The fourth-order valence-electron chi connectivity index (χ4n) is 3.83. The number of allylic oxidation sites excluding steroid dienone is 4. The molecule has 2 saturated carbocycles. The molecule has 0 spiro atoms. The summed E-state index contributed by atoms with van der Waals surface area (Å²) in [7, 11) is 0. The van der Waals surface area contributed by atoms with Gasteiger partial charge < -0.3 is 4.74 Å². The molecule has 0 N–H and O–H groups in total. The van der Waals surface area contributed by atoms with Crippen LogP contribution in [0.3, 0.4) is 0 Å². The van der Waals surface area contributed by atoms with Crippen LogP contribution in [0.1, 0.15) is 26.2 Å². The molecule has 2 heteroatoms. The standard InChI is InChI=1S/C15H20O2/c1-2-17-15(16)14-12-9-5-7-10-6-3-4-8-11(10)13(12)14/h3-4,6,8,10-14H,2,5,7,9H2,1H3. The first kappa shape index (κ1) is 11.1. The first-order valence-corrected chi connectivity index (χ1v) is 6.84. The molecule has 2 nitrogen and oxygen atoms in total. The van der Waals surface area contributed by atoms with Gasteiger partial charge in [-0.15, -0.1) is 0 Å². The summed E-state index contributed by atoms with van der Waals surface area (Å²) in [5.41, 5.74) is 0. The Morgan fingerprint density at radius 1 is 1.29 bits per heavy atom. The molecule has 0 heterocycles. The number of hydrogen-bond acceptors (Lipinski definition) is 2. The number of ether oxygens (including phenoxy) is 1. The average Bonchev–Trinajstić information content (AvgIpc) is 3.05. The van der Waals surface area contributed by atoms with Crippen LogP contribution in [0, 0.1) is 29.6 Å². The number of fused-ring (bicyclic) bond motifs is 3. The van der Waals surface area contributed by atoms with Crippen LogP contribution in [0.25, 0.3) is 0 Å². The van der Waals surface area contributed by atoms with E-state index in [1.54, 1.807) is 0 Å². The van der Waals surface area contributed by atoms with Crippen molar-refractivity contribution >= 4 is 5.97 Å². The van der Waals surface area contributed by atoms with E-state index in [1.807, 2.05) is 6.92 Å². The molecule has 0 bridgehead atoms. The third-order valence-corrected chi connectivity index (χ3v) is 4.60. The van der Waals surface area contributed by atoms with Gasteiger partial charge >= 0.3 is 5.97 Å². The lowest BCUT2D eigenvalue weighted by Crippen LogP contribution is -2.18. The molecule has 0 radical (unpaired) electrons. The second-order valence-corrected chi connectivity index (χ2v) is 5.46. The Morgan fingerprint density at radius 2 is 2.12 bits per heavy atom. The Hall–Kier alpha value is -1.05. The Balaban J connectivity index is 1.75. The second kappa shape index (κ2) is 4.32. The van der Waals surface area contributed by atoms with Gasteiger partial charge in [0.05, 0.1) is 12.5 Å². The number of esters is 1. The smallest absolute Gasteiger partial charge is 0.309 e.